The first-order valence-corrected chi connectivity index (χ1v) is 10.6. The monoisotopic (exact) mass is 416 g/mol. The molecule has 2 N–H and O–H groups in total. The standard InChI is InChI=1S/C23H32N2O5/c1-2-3-4-5-6-10-14-19(22(27)28)24-21(26)20-15-11-16-25(20)23(29)30-17-18-12-8-7-9-13-18/h2,7-9,12-13,19-20H,1,3-6,10-11,14-17H2,(H,24,26)(H,27,28)/t19-,20-/m1/s1. The van der Waals surface area contributed by atoms with Crippen LogP contribution < -0.4 is 5.32 Å². The van der Waals surface area contributed by atoms with Gasteiger partial charge < -0.3 is 15.2 Å². The SMILES string of the molecule is C=CCCCCCC[C@@H](NC(=O)[C@H]1CCCN1C(=O)OCc1ccccc1)C(=O)O. The third-order valence-corrected chi connectivity index (χ3v) is 5.26. The summed E-state index contributed by atoms with van der Waals surface area (Å²) < 4.78 is 5.34. The number of hydrogen-bond donors (Lipinski definition) is 2. The lowest BCUT2D eigenvalue weighted by Gasteiger charge is -2.25. The van der Waals surface area contributed by atoms with Gasteiger partial charge in [-0.15, -0.1) is 6.58 Å². The predicted octanol–water partition coefficient (Wildman–Crippen LogP) is 3.88. The molecule has 0 aromatic heterocycles. The highest BCUT2D eigenvalue weighted by Gasteiger charge is 2.36. The van der Waals surface area contributed by atoms with Crippen molar-refractivity contribution in [3.63, 3.8) is 0 Å². The summed E-state index contributed by atoms with van der Waals surface area (Å²) in [5, 5.41) is 12.1. The number of aliphatic carboxylic acids is 1. The van der Waals surface area contributed by atoms with E-state index < -0.39 is 30.1 Å². The van der Waals surface area contributed by atoms with E-state index >= 15 is 0 Å². The summed E-state index contributed by atoms with van der Waals surface area (Å²) in [5.41, 5.74) is 0.866. The molecule has 0 unspecified atom stereocenters. The Balaban J connectivity index is 1.82. The summed E-state index contributed by atoms with van der Waals surface area (Å²) in [4.78, 5) is 38.1. The number of nitrogens with one attached hydrogen (secondary N) is 1. The van der Waals surface area contributed by atoms with E-state index in [1.165, 1.54) is 4.90 Å². The molecule has 1 aliphatic rings. The average Bonchev–Trinajstić information content (AvgIpc) is 3.24. The summed E-state index contributed by atoms with van der Waals surface area (Å²) in [5.74, 6) is -1.48. The van der Waals surface area contributed by atoms with Crippen LogP contribution in [0.4, 0.5) is 4.79 Å². The third-order valence-electron chi connectivity index (χ3n) is 5.26. The van der Waals surface area contributed by atoms with E-state index in [1.54, 1.807) is 0 Å². The number of amides is 2. The van der Waals surface area contributed by atoms with E-state index in [-0.39, 0.29) is 6.61 Å². The molecular weight excluding hydrogens is 384 g/mol. The average molecular weight is 417 g/mol. The van der Waals surface area contributed by atoms with Gasteiger partial charge in [0, 0.05) is 6.54 Å². The van der Waals surface area contributed by atoms with Gasteiger partial charge in [0.1, 0.15) is 18.7 Å². The second-order valence-electron chi connectivity index (χ2n) is 7.57. The number of benzene rings is 1. The molecule has 2 rings (SSSR count). The normalized spacial score (nSPS) is 16.7. The maximum absolute atomic E-state index is 12.7. The Morgan fingerprint density at radius 2 is 1.93 bits per heavy atom. The molecule has 1 saturated heterocycles. The lowest BCUT2D eigenvalue weighted by Crippen LogP contribution is -2.50. The minimum atomic E-state index is -1.05. The number of ether oxygens (including phenoxy) is 1. The molecule has 2 atom stereocenters. The predicted molar refractivity (Wildman–Crippen MR) is 114 cm³/mol. The first-order chi connectivity index (χ1) is 14.5. The lowest BCUT2D eigenvalue weighted by molar-refractivity contribution is -0.142. The van der Waals surface area contributed by atoms with Gasteiger partial charge in [-0.05, 0) is 37.7 Å². The van der Waals surface area contributed by atoms with Crippen LogP contribution in [0.5, 0.6) is 0 Å². The van der Waals surface area contributed by atoms with Gasteiger partial charge >= 0.3 is 12.1 Å². The zero-order chi connectivity index (χ0) is 21.8. The van der Waals surface area contributed by atoms with Crippen molar-refractivity contribution in [2.24, 2.45) is 0 Å². The Kier molecular flexibility index (Phi) is 9.91. The number of carbonyl (C=O) groups excluding carboxylic acids is 2. The van der Waals surface area contributed by atoms with Crippen molar-refractivity contribution >= 4 is 18.0 Å². The van der Waals surface area contributed by atoms with Crippen molar-refractivity contribution in [3.8, 4) is 0 Å². The fraction of sp³-hybridized carbons (Fsp3) is 0.522. The number of carboxylic acids is 1. The van der Waals surface area contributed by atoms with Crippen molar-refractivity contribution in [2.45, 2.75) is 70.1 Å². The highest BCUT2D eigenvalue weighted by molar-refractivity contribution is 5.89. The van der Waals surface area contributed by atoms with Gasteiger partial charge in [-0.2, -0.15) is 0 Å². The molecule has 1 aliphatic heterocycles. The number of unbranched alkanes of at least 4 members (excludes halogenated alkanes) is 4. The summed E-state index contributed by atoms with van der Waals surface area (Å²) in [6, 6.07) is 7.68. The van der Waals surface area contributed by atoms with E-state index in [0.29, 0.717) is 25.8 Å². The minimum Gasteiger partial charge on any atom is -0.480 e. The summed E-state index contributed by atoms with van der Waals surface area (Å²) in [6.07, 6.45) is 7.52. The Bertz CT molecular complexity index is 707. The van der Waals surface area contributed by atoms with Crippen molar-refractivity contribution in [2.75, 3.05) is 6.54 Å². The lowest BCUT2D eigenvalue weighted by atomic mass is 10.1. The highest BCUT2D eigenvalue weighted by Crippen LogP contribution is 2.20. The zero-order valence-corrected chi connectivity index (χ0v) is 17.4. The Labute approximate surface area is 178 Å². The first kappa shape index (κ1) is 23.4. The van der Waals surface area contributed by atoms with Crippen LogP contribution in [-0.4, -0.2) is 46.6 Å². The van der Waals surface area contributed by atoms with E-state index in [1.807, 2.05) is 36.4 Å². The first-order valence-electron chi connectivity index (χ1n) is 10.6. The third kappa shape index (κ3) is 7.54. The van der Waals surface area contributed by atoms with Gasteiger partial charge in [-0.25, -0.2) is 9.59 Å². The van der Waals surface area contributed by atoms with Gasteiger partial charge in [0.05, 0.1) is 0 Å². The molecule has 7 heteroatoms. The summed E-state index contributed by atoms with van der Waals surface area (Å²) in [6.45, 7) is 4.24. The number of carbonyl (C=O) groups is 3. The van der Waals surface area contributed by atoms with Crippen LogP contribution in [0.15, 0.2) is 43.0 Å². The molecule has 1 fully saturated rings. The van der Waals surface area contributed by atoms with Crippen molar-refractivity contribution < 1.29 is 24.2 Å². The molecule has 0 saturated carbocycles. The van der Waals surface area contributed by atoms with E-state index in [2.05, 4.69) is 11.9 Å². The largest absolute Gasteiger partial charge is 0.480 e. The van der Waals surface area contributed by atoms with Crippen LogP contribution >= 0.6 is 0 Å². The number of likely N-dealkylation sites (tertiary alicyclic amines) is 1. The van der Waals surface area contributed by atoms with Crippen molar-refractivity contribution in [3.05, 3.63) is 48.6 Å². The molecule has 7 nitrogen and oxygen atoms in total. The quantitative estimate of drug-likeness (QED) is 0.398. The van der Waals surface area contributed by atoms with Gasteiger partial charge in [-0.3, -0.25) is 9.69 Å². The molecule has 0 spiro atoms. The van der Waals surface area contributed by atoms with Crippen LogP contribution in [-0.2, 0) is 20.9 Å². The highest BCUT2D eigenvalue weighted by atomic mass is 16.6. The Hall–Kier alpha value is -2.83. The van der Waals surface area contributed by atoms with Crippen LogP contribution in [0.25, 0.3) is 0 Å². The Morgan fingerprint density at radius 1 is 1.20 bits per heavy atom. The van der Waals surface area contributed by atoms with Crippen molar-refractivity contribution in [1.82, 2.24) is 10.2 Å². The molecule has 30 heavy (non-hydrogen) atoms. The zero-order valence-electron chi connectivity index (χ0n) is 17.4. The second kappa shape index (κ2) is 12.7. The summed E-state index contributed by atoms with van der Waals surface area (Å²) in [7, 11) is 0. The van der Waals surface area contributed by atoms with E-state index in [0.717, 1.165) is 37.7 Å². The van der Waals surface area contributed by atoms with Crippen LogP contribution in [0.3, 0.4) is 0 Å². The number of carboxylic acid groups (broad SMARTS) is 1. The number of rotatable bonds is 12. The van der Waals surface area contributed by atoms with Crippen LogP contribution in [0, 0.1) is 0 Å². The van der Waals surface area contributed by atoms with E-state index in [4.69, 9.17) is 4.74 Å². The molecule has 2 amide bonds. The molecular formula is C23H32N2O5. The maximum atomic E-state index is 12.7. The smallest absolute Gasteiger partial charge is 0.410 e. The molecule has 1 heterocycles. The second-order valence-corrected chi connectivity index (χ2v) is 7.57. The van der Waals surface area contributed by atoms with Crippen LogP contribution in [0.2, 0.25) is 0 Å². The number of hydrogen-bond acceptors (Lipinski definition) is 4. The van der Waals surface area contributed by atoms with Gasteiger partial charge in [0.2, 0.25) is 5.91 Å². The van der Waals surface area contributed by atoms with Crippen LogP contribution in [0.1, 0.15) is 56.9 Å². The van der Waals surface area contributed by atoms with Gasteiger partial charge in [0.25, 0.3) is 0 Å². The fourth-order valence-corrected chi connectivity index (χ4v) is 3.58. The molecule has 164 valence electrons. The molecule has 1 aromatic rings. The van der Waals surface area contributed by atoms with E-state index in [9.17, 15) is 19.5 Å². The molecule has 0 radical (unpaired) electrons. The van der Waals surface area contributed by atoms with Gasteiger partial charge in [-0.1, -0.05) is 55.7 Å². The number of nitrogens with zero attached hydrogens (tertiary/aromatic N) is 1. The minimum absolute atomic E-state index is 0.133. The summed E-state index contributed by atoms with van der Waals surface area (Å²) >= 11 is 0. The van der Waals surface area contributed by atoms with Gasteiger partial charge in [0.15, 0.2) is 0 Å². The molecule has 0 aliphatic carbocycles. The maximum Gasteiger partial charge on any atom is 0.410 e. The number of allylic oxidation sites excluding steroid dienone is 1. The molecule has 1 aromatic carbocycles. The fourth-order valence-electron chi connectivity index (χ4n) is 3.58. The Morgan fingerprint density at radius 3 is 2.63 bits per heavy atom. The topological polar surface area (TPSA) is 95.9 Å². The van der Waals surface area contributed by atoms with Crippen molar-refractivity contribution in [1.29, 1.82) is 0 Å². The molecule has 0 bridgehead atoms.